The fourth-order valence-electron chi connectivity index (χ4n) is 13.7. The van der Waals surface area contributed by atoms with Gasteiger partial charge in [-0.1, -0.05) is 299 Å². The van der Waals surface area contributed by atoms with Crippen molar-refractivity contribution in [3.8, 4) is 0 Å². The number of rotatable bonds is 65. The van der Waals surface area contributed by atoms with Gasteiger partial charge >= 0.3 is 0 Å². The Morgan fingerprint density at radius 3 is 1.05 bits per heavy atom. The standard InChI is InChI=1S/C82H149NO18/c1-3-5-7-9-11-13-15-17-19-21-23-24-25-26-27-28-29-30-31-32-33-34-35-36-37-38-39-40-42-44-46-48-50-52-54-56-58-60-70(88)83-65(66(87)59-57-55-53-51-49-47-45-43-41-22-20-18-16-14-12-10-8-6-4-2)64-96-80-76(94)73(91)78(68(62-85)98-80)101-82-77(95)74(92)79(69(63-86)99-82)100-81-75(93)72(90)71(89)67(61-84)97-81/h15,17,21,23,41,43,49,51,57,59,65-69,71-82,84-87,89-95H,3-14,16,18-20,22,24-40,42,44-48,50,52-56,58,60-64H2,1-2H3,(H,83,88)/b17-15-,23-21-,43-41+,51-49+,59-57+. The zero-order valence-corrected chi connectivity index (χ0v) is 63.1. The second kappa shape index (κ2) is 62.5. The molecule has 101 heavy (non-hydrogen) atoms. The second-order valence-electron chi connectivity index (χ2n) is 29.2. The van der Waals surface area contributed by atoms with Gasteiger partial charge in [-0.25, -0.2) is 0 Å². The van der Waals surface area contributed by atoms with Crippen LogP contribution in [-0.2, 0) is 33.2 Å². The highest BCUT2D eigenvalue weighted by atomic mass is 16.8. The predicted molar refractivity (Wildman–Crippen MR) is 402 cm³/mol. The van der Waals surface area contributed by atoms with Gasteiger partial charge in [-0.05, 0) is 77.0 Å². The molecule has 17 unspecified atom stereocenters. The average Bonchev–Trinajstić information content (AvgIpc) is 0.789. The first-order valence-electron chi connectivity index (χ1n) is 41.0. The van der Waals surface area contributed by atoms with E-state index in [1.807, 2.05) is 6.08 Å². The molecule has 0 aliphatic carbocycles. The number of ether oxygens (including phenoxy) is 6. The zero-order valence-electron chi connectivity index (χ0n) is 63.1. The third-order valence-electron chi connectivity index (χ3n) is 20.3. The van der Waals surface area contributed by atoms with Crippen LogP contribution in [0.4, 0.5) is 0 Å². The van der Waals surface area contributed by atoms with Gasteiger partial charge in [-0.2, -0.15) is 0 Å². The maximum Gasteiger partial charge on any atom is 0.220 e. The van der Waals surface area contributed by atoms with E-state index in [2.05, 4.69) is 67.8 Å². The van der Waals surface area contributed by atoms with Crippen molar-refractivity contribution in [1.82, 2.24) is 5.32 Å². The molecule has 0 bridgehead atoms. The van der Waals surface area contributed by atoms with Crippen LogP contribution in [0.1, 0.15) is 322 Å². The first kappa shape index (κ1) is 92.7. The first-order chi connectivity index (χ1) is 49.3. The lowest BCUT2D eigenvalue weighted by Gasteiger charge is -2.48. The van der Waals surface area contributed by atoms with Crippen LogP contribution in [0.25, 0.3) is 0 Å². The highest BCUT2D eigenvalue weighted by Crippen LogP contribution is 2.33. The van der Waals surface area contributed by atoms with Gasteiger partial charge in [0.25, 0.3) is 0 Å². The molecule has 3 heterocycles. The SMILES string of the molecule is CCCCCCC/C=C\C/C=C\CCCCCCCCCCCCCCCCCCCCCCCCCCCC(=O)NC(COC1OC(CO)C(OC2OC(CO)C(OC3OC(CO)C(O)C(O)C3O)C(O)C2O)C(O)C1O)C(O)/C=C/CC/C=C/CC/C=C/CCCCCCCCCCC. The summed E-state index contributed by atoms with van der Waals surface area (Å²) in [5.41, 5.74) is 0. The normalized spacial score (nSPS) is 26.6. The number of hydrogen-bond acceptors (Lipinski definition) is 18. The van der Waals surface area contributed by atoms with E-state index in [-0.39, 0.29) is 18.9 Å². The van der Waals surface area contributed by atoms with Gasteiger partial charge in [0.2, 0.25) is 5.91 Å². The van der Waals surface area contributed by atoms with Crippen LogP contribution in [0, 0.1) is 0 Å². The molecule has 1 amide bonds. The molecule has 3 rings (SSSR count). The third kappa shape index (κ3) is 42.6. The van der Waals surface area contributed by atoms with Crippen LogP contribution < -0.4 is 5.32 Å². The van der Waals surface area contributed by atoms with Crippen molar-refractivity contribution >= 4 is 5.91 Å². The molecule has 19 nitrogen and oxygen atoms in total. The fourth-order valence-corrected chi connectivity index (χ4v) is 13.7. The molecule has 3 aliphatic heterocycles. The number of hydrogen-bond donors (Lipinski definition) is 12. The molecule has 19 heteroatoms. The topological polar surface area (TPSA) is 307 Å². The molecule has 17 atom stereocenters. The van der Waals surface area contributed by atoms with Crippen LogP contribution >= 0.6 is 0 Å². The van der Waals surface area contributed by atoms with E-state index < -0.39 is 124 Å². The quantitative estimate of drug-likeness (QED) is 0.0199. The van der Waals surface area contributed by atoms with Gasteiger partial charge in [0, 0.05) is 6.42 Å². The minimum absolute atomic E-state index is 0.234. The van der Waals surface area contributed by atoms with Crippen LogP contribution in [0.2, 0.25) is 0 Å². The number of aliphatic hydroxyl groups excluding tert-OH is 11. The molecule has 0 aromatic heterocycles. The summed E-state index contributed by atoms with van der Waals surface area (Å²) in [6, 6.07) is -0.997. The number of allylic oxidation sites excluding steroid dienone is 9. The Kier molecular flexibility index (Phi) is 57.4. The van der Waals surface area contributed by atoms with E-state index in [1.165, 1.54) is 238 Å². The molecule has 0 saturated carbocycles. The molecule has 590 valence electrons. The molecule has 0 spiro atoms. The van der Waals surface area contributed by atoms with Gasteiger partial charge in [-0.15, -0.1) is 0 Å². The summed E-state index contributed by atoms with van der Waals surface area (Å²) in [6.45, 7) is 1.73. The van der Waals surface area contributed by atoms with Crippen molar-refractivity contribution in [3.05, 3.63) is 60.8 Å². The summed E-state index contributed by atoms with van der Waals surface area (Å²) in [7, 11) is 0. The summed E-state index contributed by atoms with van der Waals surface area (Å²) in [5, 5.41) is 121. The van der Waals surface area contributed by atoms with Crippen molar-refractivity contribution < 1.29 is 89.4 Å². The van der Waals surface area contributed by atoms with Crippen LogP contribution in [-0.4, -0.2) is 193 Å². The van der Waals surface area contributed by atoms with Crippen molar-refractivity contribution in [3.63, 3.8) is 0 Å². The molecule has 0 radical (unpaired) electrons. The zero-order chi connectivity index (χ0) is 73.2. The number of unbranched alkanes of at least 4 members (excludes halogenated alkanes) is 41. The summed E-state index contributed by atoms with van der Waals surface area (Å²) < 4.78 is 34.4. The highest BCUT2D eigenvalue weighted by molar-refractivity contribution is 5.76. The molecular weight excluding hydrogens is 1290 g/mol. The van der Waals surface area contributed by atoms with Gasteiger partial charge in [-0.3, -0.25) is 4.79 Å². The molecule has 3 saturated heterocycles. The van der Waals surface area contributed by atoms with Crippen molar-refractivity contribution in [1.29, 1.82) is 0 Å². The van der Waals surface area contributed by atoms with Crippen molar-refractivity contribution in [2.75, 3.05) is 26.4 Å². The van der Waals surface area contributed by atoms with Crippen LogP contribution in [0.5, 0.6) is 0 Å². The van der Waals surface area contributed by atoms with E-state index in [0.29, 0.717) is 12.8 Å². The number of carbonyl (C=O) groups excluding carboxylic acids is 1. The van der Waals surface area contributed by atoms with Gasteiger partial charge < -0.3 is 89.9 Å². The lowest BCUT2D eigenvalue weighted by Crippen LogP contribution is -2.66. The monoisotopic (exact) mass is 1440 g/mol. The third-order valence-corrected chi connectivity index (χ3v) is 20.3. The highest BCUT2D eigenvalue weighted by Gasteiger charge is 2.54. The Labute approximate surface area is 611 Å². The first-order valence-corrected chi connectivity index (χ1v) is 41.0. The van der Waals surface area contributed by atoms with E-state index in [1.54, 1.807) is 6.08 Å². The summed E-state index contributed by atoms with van der Waals surface area (Å²) in [6.07, 6.45) is 53.7. The van der Waals surface area contributed by atoms with Gasteiger partial charge in [0.15, 0.2) is 18.9 Å². The van der Waals surface area contributed by atoms with Crippen molar-refractivity contribution in [2.45, 2.75) is 426 Å². The minimum Gasteiger partial charge on any atom is -0.394 e. The molecular formula is C82H149NO18. The number of amides is 1. The van der Waals surface area contributed by atoms with Gasteiger partial charge in [0.05, 0.1) is 38.6 Å². The van der Waals surface area contributed by atoms with E-state index in [0.717, 1.165) is 51.4 Å². The molecule has 12 N–H and O–H groups in total. The smallest absolute Gasteiger partial charge is 0.220 e. The number of nitrogens with one attached hydrogen (secondary N) is 1. The number of aliphatic hydroxyl groups is 11. The summed E-state index contributed by atoms with van der Waals surface area (Å²) in [4.78, 5) is 13.5. The predicted octanol–water partition coefficient (Wildman–Crippen LogP) is 13.8. The maximum absolute atomic E-state index is 13.5. The Morgan fingerprint density at radius 2 is 0.663 bits per heavy atom. The average molecular weight is 1440 g/mol. The van der Waals surface area contributed by atoms with Crippen LogP contribution in [0.15, 0.2) is 60.8 Å². The van der Waals surface area contributed by atoms with Crippen LogP contribution in [0.3, 0.4) is 0 Å². The Bertz CT molecular complexity index is 2060. The molecule has 0 aromatic rings. The number of carbonyl (C=O) groups is 1. The second-order valence-corrected chi connectivity index (χ2v) is 29.2. The summed E-state index contributed by atoms with van der Waals surface area (Å²) in [5.74, 6) is -0.285. The molecule has 3 aliphatic rings. The van der Waals surface area contributed by atoms with E-state index >= 15 is 0 Å². The Hall–Kier alpha value is -2.51. The largest absolute Gasteiger partial charge is 0.394 e. The van der Waals surface area contributed by atoms with Gasteiger partial charge in [0.1, 0.15) is 73.2 Å². The lowest BCUT2D eigenvalue weighted by molar-refractivity contribution is -0.379. The Balaban J connectivity index is 1.33. The fraction of sp³-hybridized carbons (Fsp3) is 0.866. The molecule has 3 fully saturated rings. The lowest BCUT2D eigenvalue weighted by atomic mass is 9.96. The van der Waals surface area contributed by atoms with Crippen molar-refractivity contribution in [2.24, 2.45) is 0 Å². The Morgan fingerprint density at radius 1 is 0.356 bits per heavy atom. The van der Waals surface area contributed by atoms with E-state index in [9.17, 15) is 61.0 Å². The summed E-state index contributed by atoms with van der Waals surface area (Å²) >= 11 is 0. The van der Waals surface area contributed by atoms with E-state index in [4.69, 9.17) is 28.4 Å². The maximum atomic E-state index is 13.5. The minimum atomic E-state index is -1.98. The molecule has 0 aromatic carbocycles.